The molecule has 0 spiro atoms. The van der Waals surface area contributed by atoms with Gasteiger partial charge < -0.3 is 5.32 Å². The SMILES string of the molecule is CCCC(NCC1(C2CC2)CC1)c1cccc([N+](=O)[O-])c1. The van der Waals surface area contributed by atoms with Crippen LogP contribution in [0.3, 0.4) is 0 Å². The molecule has 1 unspecified atom stereocenters. The van der Waals surface area contributed by atoms with Crippen LogP contribution in [0.5, 0.6) is 0 Å². The van der Waals surface area contributed by atoms with Gasteiger partial charge >= 0.3 is 0 Å². The third-order valence-electron chi connectivity index (χ3n) is 5.10. The van der Waals surface area contributed by atoms with E-state index in [1.165, 1.54) is 25.7 Å². The van der Waals surface area contributed by atoms with Crippen molar-refractivity contribution in [2.24, 2.45) is 11.3 Å². The Kier molecular flexibility index (Phi) is 3.98. The molecular formula is C17H24N2O2. The predicted molar refractivity (Wildman–Crippen MR) is 83.1 cm³/mol. The smallest absolute Gasteiger partial charge is 0.269 e. The molecule has 2 fully saturated rings. The number of benzene rings is 1. The van der Waals surface area contributed by atoms with Crippen LogP contribution < -0.4 is 5.32 Å². The van der Waals surface area contributed by atoms with Crippen molar-refractivity contribution in [3.05, 3.63) is 39.9 Å². The number of nitrogens with zero attached hydrogens (tertiary/aromatic N) is 1. The van der Waals surface area contributed by atoms with Crippen molar-refractivity contribution in [2.45, 2.75) is 51.5 Å². The highest BCUT2D eigenvalue weighted by molar-refractivity contribution is 5.35. The van der Waals surface area contributed by atoms with E-state index in [1.807, 2.05) is 6.07 Å². The average molecular weight is 288 g/mol. The molecule has 0 aliphatic heterocycles. The minimum Gasteiger partial charge on any atom is -0.309 e. The van der Waals surface area contributed by atoms with Gasteiger partial charge in [0.1, 0.15) is 0 Å². The molecule has 0 amide bonds. The Bertz CT molecular complexity index is 521. The summed E-state index contributed by atoms with van der Waals surface area (Å²) in [6.07, 6.45) is 7.63. The predicted octanol–water partition coefficient (Wildman–Crippen LogP) is 4.22. The summed E-state index contributed by atoms with van der Waals surface area (Å²) in [6, 6.07) is 7.34. The summed E-state index contributed by atoms with van der Waals surface area (Å²) in [5.74, 6) is 0.942. The summed E-state index contributed by atoms with van der Waals surface area (Å²) in [4.78, 5) is 10.6. The molecule has 2 saturated carbocycles. The van der Waals surface area contributed by atoms with E-state index in [4.69, 9.17) is 0 Å². The average Bonchev–Trinajstić information content (AvgIpc) is 3.36. The number of nitro benzene ring substituents is 1. The Hall–Kier alpha value is -1.42. The lowest BCUT2D eigenvalue weighted by Crippen LogP contribution is -2.29. The lowest BCUT2D eigenvalue weighted by Gasteiger charge is -2.23. The second kappa shape index (κ2) is 5.76. The van der Waals surface area contributed by atoms with E-state index in [9.17, 15) is 10.1 Å². The molecule has 4 heteroatoms. The van der Waals surface area contributed by atoms with Gasteiger partial charge in [0.05, 0.1) is 4.92 Å². The van der Waals surface area contributed by atoms with E-state index >= 15 is 0 Å². The van der Waals surface area contributed by atoms with E-state index in [2.05, 4.69) is 12.2 Å². The first-order chi connectivity index (χ1) is 10.1. The van der Waals surface area contributed by atoms with Crippen molar-refractivity contribution in [1.29, 1.82) is 0 Å². The fourth-order valence-electron chi connectivity index (χ4n) is 3.44. The largest absolute Gasteiger partial charge is 0.309 e. The second-order valence-corrected chi connectivity index (χ2v) is 6.71. The normalized spacial score (nSPS) is 21.0. The van der Waals surface area contributed by atoms with Gasteiger partial charge in [0.2, 0.25) is 0 Å². The van der Waals surface area contributed by atoms with E-state index in [1.54, 1.807) is 18.2 Å². The van der Waals surface area contributed by atoms with Crippen LogP contribution in [0.15, 0.2) is 24.3 Å². The van der Waals surface area contributed by atoms with Crippen LogP contribution in [0.1, 0.15) is 57.1 Å². The topological polar surface area (TPSA) is 55.2 Å². The van der Waals surface area contributed by atoms with Crippen LogP contribution in [0, 0.1) is 21.4 Å². The minimum absolute atomic E-state index is 0.193. The Morgan fingerprint density at radius 1 is 1.43 bits per heavy atom. The molecule has 114 valence electrons. The van der Waals surface area contributed by atoms with Crippen molar-refractivity contribution < 1.29 is 4.92 Å². The Morgan fingerprint density at radius 2 is 2.19 bits per heavy atom. The van der Waals surface area contributed by atoms with Crippen molar-refractivity contribution in [3.63, 3.8) is 0 Å². The van der Waals surface area contributed by atoms with Crippen molar-refractivity contribution in [2.75, 3.05) is 6.54 Å². The molecule has 0 aromatic heterocycles. The van der Waals surface area contributed by atoms with E-state index in [0.717, 1.165) is 30.9 Å². The van der Waals surface area contributed by atoms with Crippen LogP contribution in [0.4, 0.5) is 5.69 Å². The number of nitrogens with one attached hydrogen (secondary N) is 1. The molecule has 4 nitrogen and oxygen atoms in total. The number of hydrogen-bond donors (Lipinski definition) is 1. The van der Waals surface area contributed by atoms with Gasteiger partial charge in [-0.2, -0.15) is 0 Å². The highest BCUT2D eigenvalue weighted by atomic mass is 16.6. The molecule has 2 aliphatic carbocycles. The van der Waals surface area contributed by atoms with Crippen molar-refractivity contribution in [3.8, 4) is 0 Å². The van der Waals surface area contributed by atoms with E-state index in [0.29, 0.717) is 5.41 Å². The number of nitro groups is 1. The zero-order chi connectivity index (χ0) is 14.9. The maximum Gasteiger partial charge on any atom is 0.269 e. The summed E-state index contributed by atoms with van der Waals surface area (Å²) < 4.78 is 0. The summed E-state index contributed by atoms with van der Waals surface area (Å²) in [6.45, 7) is 3.24. The summed E-state index contributed by atoms with van der Waals surface area (Å²) >= 11 is 0. The van der Waals surface area contributed by atoms with Gasteiger partial charge in [-0.1, -0.05) is 25.5 Å². The lowest BCUT2D eigenvalue weighted by molar-refractivity contribution is -0.384. The first-order valence-electron chi connectivity index (χ1n) is 8.12. The number of rotatable bonds is 8. The standard InChI is InChI=1S/C17H24N2O2/c1-2-4-16(13-5-3-6-15(11-13)19(20)21)18-12-17(9-10-17)14-7-8-14/h3,5-6,11,14,16,18H,2,4,7-10,12H2,1H3. The van der Waals surface area contributed by atoms with Crippen LogP contribution >= 0.6 is 0 Å². The Morgan fingerprint density at radius 3 is 2.76 bits per heavy atom. The summed E-state index contributed by atoms with van der Waals surface area (Å²) in [5, 5.41) is 14.6. The minimum atomic E-state index is -0.306. The molecular weight excluding hydrogens is 264 g/mol. The quantitative estimate of drug-likeness (QED) is 0.575. The van der Waals surface area contributed by atoms with Crippen LogP contribution in [-0.4, -0.2) is 11.5 Å². The van der Waals surface area contributed by atoms with Gasteiger partial charge in [0.25, 0.3) is 5.69 Å². The lowest BCUT2D eigenvalue weighted by atomic mass is 9.97. The zero-order valence-electron chi connectivity index (χ0n) is 12.7. The van der Waals surface area contributed by atoms with Gasteiger partial charge in [-0.25, -0.2) is 0 Å². The van der Waals surface area contributed by atoms with Gasteiger partial charge in [0, 0.05) is 24.7 Å². The molecule has 1 N–H and O–H groups in total. The maximum atomic E-state index is 10.9. The third kappa shape index (κ3) is 3.26. The van der Waals surface area contributed by atoms with Crippen LogP contribution in [0.25, 0.3) is 0 Å². The molecule has 0 saturated heterocycles. The van der Waals surface area contributed by atoms with Gasteiger partial charge in [-0.15, -0.1) is 0 Å². The number of non-ortho nitro benzene ring substituents is 1. The van der Waals surface area contributed by atoms with Crippen molar-refractivity contribution >= 4 is 5.69 Å². The Labute approximate surface area is 126 Å². The molecule has 1 atom stereocenters. The summed E-state index contributed by atoms with van der Waals surface area (Å²) in [5.41, 5.74) is 1.81. The van der Waals surface area contributed by atoms with E-state index in [-0.39, 0.29) is 16.7 Å². The second-order valence-electron chi connectivity index (χ2n) is 6.71. The zero-order valence-corrected chi connectivity index (χ0v) is 12.7. The highest BCUT2D eigenvalue weighted by Gasteiger charge is 2.53. The van der Waals surface area contributed by atoms with E-state index < -0.39 is 0 Å². The Balaban J connectivity index is 1.68. The van der Waals surface area contributed by atoms with Gasteiger partial charge in [0.15, 0.2) is 0 Å². The number of hydrogen-bond acceptors (Lipinski definition) is 3. The molecule has 0 radical (unpaired) electrons. The third-order valence-corrected chi connectivity index (χ3v) is 5.10. The highest BCUT2D eigenvalue weighted by Crippen LogP contribution is 2.61. The molecule has 0 heterocycles. The van der Waals surface area contributed by atoms with Crippen LogP contribution in [0.2, 0.25) is 0 Å². The maximum absolute atomic E-state index is 10.9. The summed E-state index contributed by atoms with van der Waals surface area (Å²) in [7, 11) is 0. The first-order valence-corrected chi connectivity index (χ1v) is 8.12. The van der Waals surface area contributed by atoms with Crippen LogP contribution in [-0.2, 0) is 0 Å². The fourth-order valence-corrected chi connectivity index (χ4v) is 3.44. The van der Waals surface area contributed by atoms with Gasteiger partial charge in [-0.3, -0.25) is 10.1 Å². The van der Waals surface area contributed by atoms with Gasteiger partial charge in [-0.05, 0) is 49.0 Å². The fraction of sp³-hybridized carbons (Fsp3) is 0.647. The van der Waals surface area contributed by atoms with Crippen molar-refractivity contribution in [1.82, 2.24) is 5.32 Å². The molecule has 1 aromatic rings. The molecule has 1 aromatic carbocycles. The molecule has 2 aliphatic rings. The molecule has 21 heavy (non-hydrogen) atoms. The first kappa shape index (κ1) is 14.5. The monoisotopic (exact) mass is 288 g/mol. The molecule has 0 bridgehead atoms. The molecule has 3 rings (SSSR count).